The third kappa shape index (κ3) is 4.95. The average Bonchev–Trinajstić information content (AvgIpc) is 2.02. The second kappa shape index (κ2) is 5.29. The zero-order valence-corrected chi connectivity index (χ0v) is 8.34. The number of nitrogens with one attached hydrogen (secondary N) is 2. The van der Waals surface area contributed by atoms with Crippen LogP contribution in [0.25, 0.3) is 0 Å². The molecular formula is C8H15N3O2. The number of hydrogen-bond acceptors (Lipinski definition) is 3. The predicted octanol–water partition coefficient (Wildman–Crippen LogP) is -0.120. The quantitative estimate of drug-likeness (QED) is 0.441. The van der Waals surface area contributed by atoms with E-state index in [1.165, 1.54) is 14.0 Å². The Labute approximate surface area is 77.6 Å². The molecule has 0 saturated heterocycles. The van der Waals surface area contributed by atoms with Gasteiger partial charge in [-0.2, -0.15) is 0 Å². The van der Waals surface area contributed by atoms with Crippen LogP contribution in [0.1, 0.15) is 20.8 Å². The molecule has 0 unspecified atom stereocenters. The van der Waals surface area contributed by atoms with Crippen molar-refractivity contribution in [3.63, 3.8) is 0 Å². The normalized spacial score (nSPS) is 11.3. The highest BCUT2D eigenvalue weighted by Crippen LogP contribution is 1.89. The van der Waals surface area contributed by atoms with Crippen LogP contribution >= 0.6 is 0 Å². The summed E-state index contributed by atoms with van der Waals surface area (Å²) >= 11 is 0. The average molecular weight is 185 g/mol. The van der Waals surface area contributed by atoms with E-state index in [-0.39, 0.29) is 23.7 Å². The highest BCUT2D eigenvalue weighted by Gasteiger charge is 2.09. The Balaban J connectivity index is 4.15. The summed E-state index contributed by atoms with van der Waals surface area (Å²) in [6.45, 7) is 4.87. The van der Waals surface area contributed by atoms with Gasteiger partial charge in [0.05, 0.1) is 0 Å². The number of carbonyl (C=O) groups is 2. The van der Waals surface area contributed by atoms with E-state index < -0.39 is 0 Å². The molecule has 0 aliphatic carbocycles. The number of nitrogens with zero attached hydrogens (tertiary/aromatic N) is 1. The van der Waals surface area contributed by atoms with Gasteiger partial charge in [-0.1, -0.05) is 13.8 Å². The highest BCUT2D eigenvalue weighted by molar-refractivity contribution is 6.04. The van der Waals surface area contributed by atoms with Crippen molar-refractivity contribution in [3.8, 4) is 0 Å². The molecule has 5 heteroatoms. The minimum Gasteiger partial charge on any atom is -0.297 e. The summed E-state index contributed by atoms with van der Waals surface area (Å²) in [6, 6.07) is 0. The molecule has 13 heavy (non-hydrogen) atoms. The molecule has 2 N–H and O–H groups in total. The summed E-state index contributed by atoms with van der Waals surface area (Å²) in [5.41, 5.74) is 0. The van der Waals surface area contributed by atoms with Crippen molar-refractivity contribution in [3.05, 3.63) is 0 Å². The SMILES string of the molecule is C/N=C(\NC(C)=O)NC(=O)C(C)C. The lowest BCUT2D eigenvalue weighted by atomic mass is 10.2. The molecule has 0 saturated carbocycles. The molecule has 5 nitrogen and oxygen atoms in total. The monoisotopic (exact) mass is 185 g/mol. The van der Waals surface area contributed by atoms with E-state index in [1.807, 2.05) is 0 Å². The maximum atomic E-state index is 11.2. The van der Waals surface area contributed by atoms with Gasteiger partial charge in [0.2, 0.25) is 17.8 Å². The molecular weight excluding hydrogens is 170 g/mol. The molecule has 0 fully saturated rings. The second-order valence-electron chi connectivity index (χ2n) is 2.90. The van der Waals surface area contributed by atoms with Crippen LogP contribution in [0.3, 0.4) is 0 Å². The summed E-state index contributed by atoms with van der Waals surface area (Å²) in [5, 5.41) is 4.87. The molecule has 0 aliphatic rings. The van der Waals surface area contributed by atoms with Gasteiger partial charge in [-0.15, -0.1) is 0 Å². The van der Waals surface area contributed by atoms with E-state index in [0.29, 0.717) is 0 Å². The van der Waals surface area contributed by atoms with Crippen LogP contribution in [-0.4, -0.2) is 24.8 Å². The van der Waals surface area contributed by atoms with Gasteiger partial charge in [-0.05, 0) is 0 Å². The van der Waals surface area contributed by atoms with E-state index in [9.17, 15) is 9.59 Å². The van der Waals surface area contributed by atoms with E-state index >= 15 is 0 Å². The summed E-state index contributed by atoms with van der Waals surface area (Å²) in [4.78, 5) is 25.5. The molecule has 0 aliphatic heterocycles. The lowest BCUT2D eigenvalue weighted by Gasteiger charge is -2.09. The minimum atomic E-state index is -0.260. The topological polar surface area (TPSA) is 70.6 Å². The molecule has 0 spiro atoms. The maximum Gasteiger partial charge on any atom is 0.229 e. The standard InChI is InChI=1S/C8H15N3O2/c1-5(2)7(13)11-8(9-4)10-6(3)12/h5H,1-4H3,(H2,9,10,11,12,13). The van der Waals surface area contributed by atoms with Crippen LogP contribution in [0.2, 0.25) is 0 Å². The largest absolute Gasteiger partial charge is 0.297 e. The van der Waals surface area contributed by atoms with Gasteiger partial charge in [0, 0.05) is 19.9 Å². The third-order valence-electron chi connectivity index (χ3n) is 1.28. The molecule has 0 aromatic carbocycles. The molecule has 0 bridgehead atoms. The van der Waals surface area contributed by atoms with Crippen LogP contribution in [0, 0.1) is 5.92 Å². The Bertz CT molecular complexity index is 234. The van der Waals surface area contributed by atoms with Crippen molar-refractivity contribution in [2.75, 3.05) is 7.05 Å². The van der Waals surface area contributed by atoms with Gasteiger partial charge in [-0.25, -0.2) is 0 Å². The fourth-order valence-electron chi connectivity index (χ4n) is 0.571. The summed E-state index contributed by atoms with van der Waals surface area (Å²) < 4.78 is 0. The Kier molecular flexibility index (Phi) is 4.72. The van der Waals surface area contributed by atoms with Crippen LogP contribution in [-0.2, 0) is 9.59 Å². The van der Waals surface area contributed by atoms with E-state index in [4.69, 9.17) is 0 Å². The number of carbonyl (C=O) groups excluding carboxylic acids is 2. The van der Waals surface area contributed by atoms with Crippen molar-refractivity contribution in [1.82, 2.24) is 10.6 Å². The maximum absolute atomic E-state index is 11.2. The molecule has 0 atom stereocenters. The van der Waals surface area contributed by atoms with Crippen molar-refractivity contribution < 1.29 is 9.59 Å². The van der Waals surface area contributed by atoms with Crippen molar-refractivity contribution in [2.24, 2.45) is 10.9 Å². The van der Waals surface area contributed by atoms with Gasteiger partial charge >= 0.3 is 0 Å². The van der Waals surface area contributed by atoms with Crippen LogP contribution in [0.4, 0.5) is 0 Å². The minimum absolute atomic E-state index is 0.134. The summed E-state index contributed by atoms with van der Waals surface area (Å²) in [5.74, 6) is -0.379. The van der Waals surface area contributed by atoms with Gasteiger partial charge < -0.3 is 0 Å². The van der Waals surface area contributed by atoms with E-state index in [1.54, 1.807) is 13.8 Å². The number of hydrogen-bond donors (Lipinski definition) is 2. The Morgan fingerprint density at radius 3 is 2.08 bits per heavy atom. The van der Waals surface area contributed by atoms with E-state index in [0.717, 1.165) is 0 Å². The molecule has 74 valence electrons. The van der Waals surface area contributed by atoms with Crippen LogP contribution in [0.5, 0.6) is 0 Å². The smallest absolute Gasteiger partial charge is 0.229 e. The lowest BCUT2D eigenvalue weighted by molar-refractivity contribution is -0.122. The zero-order valence-electron chi connectivity index (χ0n) is 8.34. The first-order valence-corrected chi connectivity index (χ1v) is 4.02. The summed E-state index contributed by atoms with van der Waals surface area (Å²) in [7, 11) is 1.49. The fourth-order valence-corrected chi connectivity index (χ4v) is 0.571. The van der Waals surface area contributed by atoms with Crippen LogP contribution < -0.4 is 10.6 Å². The number of guanidine groups is 1. The van der Waals surface area contributed by atoms with Crippen molar-refractivity contribution >= 4 is 17.8 Å². The Morgan fingerprint density at radius 1 is 1.23 bits per heavy atom. The molecule has 0 radical (unpaired) electrons. The number of rotatable bonds is 1. The van der Waals surface area contributed by atoms with Gasteiger partial charge in [0.15, 0.2) is 0 Å². The van der Waals surface area contributed by atoms with Crippen LogP contribution in [0.15, 0.2) is 4.99 Å². The first kappa shape index (κ1) is 11.6. The zero-order chi connectivity index (χ0) is 10.4. The Morgan fingerprint density at radius 2 is 1.77 bits per heavy atom. The van der Waals surface area contributed by atoms with Gasteiger partial charge in [-0.3, -0.25) is 25.2 Å². The second-order valence-corrected chi connectivity index (χ2v) is 2.90. The third-order valence-corrected chi connectivity index (χ3v) is 1.28. The fraction of sp³-hybridized carbons (Fsp3) is 0.625. The molecule has 2 amide bonds. The Hall–Kier alpha value is -1.39. The van der Waals surface area contributed by atoms with Crippen molar-refractivity contribution in [2.45, 2.75) is 20.8 Å². The van der Waals surface area contributed by atoms with Gasteiger partial charge in [0.25, 0.3) is 0 Å². The first-order chi connectivity index (χ1) is 5.97. The molecule has 0 aromatic rings. The first-order valence-electron chi connectivity index (χ1n) is 4.02. The summed E-state index contributed by atoms with van der Waals surface area (Å²) in [6.07, 6.45) is 0. The number of amides is 2. The van der Waals surface area contributed by atoms with E-state index in [2.05, 4.69) is 15.6 Å². The highest BCUT2D eigenvalue weighted by atomic mass is 16.2. The number of aliphatic imine (C=N–C) groups is 1. The molecule has 0 heterocycles. The molecule has 0 rings (SSSR count). The predicted molar refractivity (Wildman–Crippen MR) is 50.2 cm³/mol. The van der Waals surface area contributed by atoms with Crippen molar-refractivity contribution in [1.29, 1.82) is 0 Å². The lowest BCUT2D eigenvalue weighted by Crippen LogP contribution is -2.44. The van der Waals surface area contributed by atoms with Gasteiger partial charge in [0.1, 0.15) is 0 Å². The molecule has 0 aromatic heterocycles.